The van der Waals surface area contributed by atoms with E-state index >= 15 is 0 Å². The average molecular weight is 421 g/mol. The first kappa shape index (κ1) is 23.1. The minimum absolute atomic E-state index is 0.0533. The molecule has 1 N–H and O–H groups in total. The summed E-state index contributed by atoms with van der Waals surface area (Å²) in [6.45, 7) is 4.00. The molecule has 2 aromatic rings. The molecular weight excluding hydrogens is 396 g/mol. The number of hydrogen-bond donors (Lipinski definition) is 1. The smallest absolute Gasteiger partial charge is 0.416 e. The number of ether oxygens (including phenoxy) is 2. The van der Waals surface area contributed by atoms with Crippen LogP contribution in [0.4, 0.5) is 19.4 Å². The Morgan fingerprint density at radius 2 is 1.80 bits per heavy atom. The number of carbonyl (C=O) groups excluding carboxylic acids is 2. The van der Waals surface area contributed by atoms with Crippen LogP contribution in [0.5, 0.6) is 5.75 Å². The summed E-state index contributed by atoms with van der Waals surface area (Å²) < 4.78 is 37.6. The van der Waals surface area contributed by atoms with Crippen molar-refractivity contribution in [1.82, 2.24) is 10.3 Å². The number of nitrogens with one attached hydrogen (secondary N) is 1. The molecule has 1 heterocycles. The van der Waals surface area contributed by atoms with Crippen LogP contribution in [0.15, 0.2) is 42.5 Å². The molecule has 0 aliphatic heterocycles. The van der Waals surface area contributed by atoms with Gasteiger partial charge in [-0.05, 0) is 38.5 Å². The fourth-order valence-corrected chi connectivity index (χ4v) is 2.43. The Morgan fingerprint density at radius 1 is 1.13 bits per heavy atom. The van der Waals surface area contributed by atoms with Crippen LogP contribution in [0, 0.1) is 0 Å². The molecule has 0 atom stereocenters. The van der Waals surface area contributed by atoms with Crippen molar-refractivity contribution in [3.8, 4) is 5.75 Å². The Labute approximate surface area is 174 Å². The molecule has 2 amide bonds. The molecule has 0 radical (unpaired) electrons. The van der Waals surface area contributed by atoms with Crippen molar-refractivity contribution in [3.63, 3.8) is 0 Å². The molecule has 0 bridgehead atoms. The van der Waals surface area contributed by atoms with Gasteiger partial charge in [0.25, 0.3) is 12.3 Å². The number of benzene rings is 1. The maximum absolute atomic E-state index is 13.3. The predicted octanol–water partition coefficient (Wildman–Crippen LogP) is 4.03. The van der Waals surface area contributed by atoms with Crippen molar-refractivity contribution >= 4 is 17.8 Å². The Kier molecular flexibility index (Phi) is 7.68. The first-order valence-electron chi connectivity index (χ1n) is 9.29. The zero-order valence-electron chi connectivity index (χ0n) is 17.3. The lowest BCUT2D eigenvalue weighted by Gasteiger charge is -2.27. The topological polar surface area (TPSA) is 80.8 Å². The van der Waals surface area contributed by atoms with Gasteiger partial charge >= 0.3 is 6.09 Å². The second-order valence-corrected chi connectivity index (χ2v) is 7.35. The summed E-state index contributed by atoms with van der Waals surface area (Å²) in [5, 5.41) is 2.41. The van der Waals surface area contributed by atoms with Gasteiger partial charge in [0.2, 0.25) is 0 Å². The lowest BCUT2D eigenvalue weighted by Crippen LogP contribution is -2.40. The molecule has 0 saturated carbocycles. The number of aromatic nitrogens is 1. The molecule has 162 valence electrons. The van der Waals surface area contributed by atoms with Crippen LogP contribution in [-0.2, 0) is 11.3 Å². The molecule has 0 saturated heterocycles. The Bertz CT molecular complexity index is 870. The quantitative estimate of drug-likeness (QED) is 0.730. The van der Waals surface area contributed by atoms with Gasteiger partial charge in [0.15, 0.2) is 11.6 Å². The lowest BCUT2D eigenvalue weighted by atomic mass is 10.2. The maximum Gasteiger partial charge on any atom is 0.416 e. The highest BCUT2D eigenvalue weighted by atomic mass is 19.3. The molecule has 1 aromatic carbocycles. The Balaban J connectivity index is 2.45. The maximum atomic E-state index is 13.3. The van der Waals surface area contributed by atoms with Crippen molar-refractivity contribution in [3.05, 3.63) is 53.7 Å². The van der Waals surface area contributed by atoms with Crippen LogP contribution in [0.1, 0.15) is 36.8 Å². The van der Waals surface area contributed by atoms with Gasteiger partial charge in [0.1, 0.15) is 17.9 Å². The van der Waals surface area contributed by atoms with Crippen molar-refractivity contribution in [2.45, 2.75) is 39.4 Å². The predicted molar refractivity (Wildman–Crippen MR) is 108 cm³/mol. The van der Waals surface area contributed by atoms with Crippen molar-refractivity contribution in [2.75, 3.05) is 18.5 Å². The van der Waals surface area contributed by atoms with Gasteiger partial charge in [0.05, 0.1) is 6.54 Å². The number of pyridine rings is 1. The number of hydrogen-bond acceptors (Lipinski definition) is 5. The monoisotopic (exact) mass is 421 g/mol. The second-order valence-electron chi connectivity index (χ2n) is 7.35. The summed E-state index contributed by atoms with van der Waals surface area (Å²) in [5.74, 6) is -0.688. The minimum atomic E-state index is -2.86. The number of halogens is 2. The van der Waals surface area contributed by atoms with Crippen LogP contribution >= 0.6 is 0 Å². The number of nitrogens with zero attached hydrogens (tertiary/aromatic N) is 2. The second kappa shape index (κ2) is 10.00. The van der Waals surface area contributed by atoms with Crippen LogP contribution in [-0.4, -0.2) is 42.6 Å². The molecule has 0 fully saturated rings. The van der Waals surface area contributed by atoms with E-state index in [1.807, 2.05) is 30.3 Å². The molecule has 0 aliphatic carbocycles. The third kappa shape index (κ3) is 6.68. The normalized spacial score (nSPS) is 11.2. The number of carbonyl (C=O) groups is 2. The van der Waals surface area contributed by atoms with E-state index in [2.05, 4.69) is 10.3 Å². The van der Waals surface area contributed by atoms with E-state index in [0.29, 0.717) is 4.90 Å². The van der Waals surface area contributed by atoms with E-state index in [4.69, 9.17) is 9.47 Å². The van der Waals surface area contributed by atoms with Gasteiger partial charge < -0.3 is 14.8 Å². The van der Waals surface area contributed by atoms with Crippen LogP contribution in [0.25, 0.3) is 0 Å². The first-order chi connectivity index (χ1) is 14.1. The van der Waals surface area contributed by atoms with Crippen molar-refractivity contribution < 1.29 is 27.8 Å². The average Bonchev–Trinajstić information content (AvgIpc) is 2.69. The van der Waals surface area contributed by atoms with Crippen LogP contribution in [0.3, 0.4) is 0 Å². The van der Waals surface area contributed by atoms with Crippen LogP contribution < -0.4 is 15.0 Å². The van der Waals surface area contributed by atoms with Gasteiger partial charge in [-0.1, -0.05) is 30.3 Å². The summed E-state index contributed by atoms with van der Waals surface area (Å²) >= 11 is 0. The zero-order valence-corrected chi connectivity index (χ0v) is 17.3. The fraction of sp³-hybridized carbons (Fsp3) is 0.381. The SMILES string of the molecule is CNC(=O)c1ccc(OCc2ccccc2)c(N(CC(F)F)C(=O)OC(C)(C)C)n1. The molecule has 0 unspecified atom stereocenters. The highest BCUT2D eigenvalue weighted by Crippen LogP contribution is 2.29. The van der Waals surface area contributed by atoms with Crippen molar-refractivity contribution in [1.29, 1.82) is 0 Å². The van der Waals surface area contributed by atoms with Gasteiger partial charge in [0, 0.05) is 7.05 Å². The number of amides is 2. The Hall–Kier alpha value is -3.23. The molecule has 30 heavy (non-hydrogen) atoms. The summed E-state index contributed by atoms with van der Waals surface area (Å²) in [6.07, 6.45) is -3.88. The third-order valence-corrected chi connectivity index (χ3v) is 3.73. The zero-order chi connectivity index (χ0) is 22.3. The fourth-order valence-electron chi connectivity index (χ4n) is 2.43. The largest absolute Gasteiger partial charge is 0.485 e. The molecular formula is C21H25F2N3O4. The molecule has 1 aromatic heterocycles. The molecule has 7 nitrogen and oxygen atoms in total. The highest BCUT2D eigenvalue weighted by molar-refractivity contribution is 5.94. The molecule has 2 rings (SSSR count). The molecule has 9 heteroatoms. The van der Waals surface area contributed by atoms with Crippen molar-refractivity contribution in [2.24, 2.45) is 0 Å². The summed E-state index contributed by atoms with van der Waals surface area (Å²) in [4.78, 5) is 29.4. The van der Waals surface area contributed by atoms with E-state index in [0.717, 1.165) is 5.56 Å². The van der Waals surface area contributed by atoms with E-state index in [1.165, 1.54) is 19.2 Å². The van der Waals surface area contributed by atoms with E-state index in [1.54, 1.807) is 20.8 Å². The number of alkyl halides is 2. The highest BCUT2D eigenvalue weighted by Gasteiger charge is 2.30. The summed E-state index contributed by atoms with van der Waals surface area (Å²) in [5.41, 5.74) is -0.139. The first-order valence-corrected chi connectivity index (χ1v) is 9.29. The van der Waals surface area contributed by atoms with Crippen LogP contribution in [0.2, 0.25) is 0 Å². The van der Waals surface area contributed by atoms with E-state index in [-0.39, 0.29) is 23.9 Å². The lowest BCUT2D eigenvalue weighted by molar-refractivity contribution is 0.0540. The third-order valence-electron chi connectivity index (χ3n) is 3.73. The van der Waals surface area contributed by atoms with E-state index in [9.17, 15) is 18.4 Å². The standard InChI is InChI=1S/C21H25F2N3O4/c1-21(2,3)30-20(28)26(12-17(22)23)18-16(11-10-15(25-18)19(27)24-4)29-13-14-8-6-5-7-9-14/h5-11,17H,12-13H2,1-4H3,(H,24,27). The van der Waals surface area contributed by atoms with E-state index < -0.39 is 30.6 Å². The van der Waals surface area contributed by atoms with Gasteiger partial charge in [-0.3, -0.25) is 9.69 Å². The summed E-state index contributed by atoms with van der Waals surface area (Å²) in [6, 6.07) is 12.0. The van der Waals surface area contributed by atoms with Gasteiger partial charge in [-0.15, -0.1) is 0 Å². The molecule has 0 spiro atoms. The number of rotatable bonds is 7. The Morgan fingerprint density at radius 3 is 2.37 bits per heavy atom. The summed E-state index contributed by atoms with van der Waals surface area (Å²) in [7, 11) is 1.41. The van der Waals surface area contributed by atoms with Gasteiger partial charge in [-0.2, -0.15) is 0 Å². The number of anilines is 1. The van der Waals surface area contributed by atoms with Gasteiger partial charge in [-0.25, -0.2) is 18.6 Å². The molecule has 0 aliphatic rings. The minimum Gasteiger partial charge on any atom is -0.485 e.